The molecule has 0 aliphatic heterocycles. The lowest BCUT2D eigenvalue weighted by molar-refractivity contribution is 0.270. The molecular formula is C14H18BrN3O2. The van der Waals surface area contributed by atoms with Crippen LogP contribution in [0, 0.1) is 6.92 Å². The molecule has 0 aliphatic rings. The molecule has 2 rings (SSSR count). The maximum absolute atomic E-state index is 5.72. The van der Waals surface area contributed by atoms with E-state index in [1.54, 1.807) is 0 Å². The maximum Gasteiger partial charge on any atom is 0.145 e. The Labute approximate surface area is 126 Å². The van der Waals surface area contributed by atoms with Gasteiger partial charge in [-0.15, -0.1) is 0 Å². The summed E-state index contributed by atoms with van der Waals surface area (Å²) in [6.07, 6.45) is 0. The number of aromatic nitrogens is 2. The topological polar surface area (TPSA) is 60.2 Å². The van der Waals surface area contributed by atoms with Gasteiger partial charge in [-0.2, -0.15) is 0 Å². The van der Waals surface area contributed by atoms with E-state index < -0.39 is 0 Å². The monoisotopic (exact) mass is 339 g/mol. The van der Waals surface area contributed by atoms with Gasteiger partial charge >= 0.3 is 0 Å². The molecule has 0 radical (unpaired) electrons. The van der Waals surface area contributed by atoms with Crippen LogP contribution in [0.25, 0.3) is 0 Å². The number of halogens is 1. The zero-order chi connectivity index (χ0) is 14.5. The molecule has 2 aromatic rings. The molecule has 1 heterocycles. The van der Waals surface area contributed by atoms with Gasteiger partial charge in [0.15, 0.2) is 0 Å². The SMILES string of the molecule is Cc1nonc1COc1ccc(Br)c(CNC(C)C)c1. The van der Waals surface area contributed by atoms with Gasteiger partial charge in [-0.25, -0.2) is 4.63 Å². The zero-order valence-electron chi connectivity index (χ0n) is 11.8. The quantitative estimate of drug-likeness (QED) is 0.875. The third-order valence-corrected chi connectivity index (χ3v) is 3.61. The Kier molecular flexibility index (Phi) is 5.14. The van der Waals surface area contributed by atoms with E-state index in [2.05, 4.69) is 50.0 Å². The summed E-state index contributed by atoms with van der Waals surface area (Å²) >= 11 is 3.55. The van der Waals surface area contributed by atoms with Crippen LogP contribution in [0.15, 0.2) is 27.3 Å². The van der Waals surface area contributed by atoms with Gasteiger partial charge in [0, 0.05) is 17.1 Å². The number of aryl methyl sites for hydroxylation is 1. The van der Waals surface area contributed by atoms with Crippen molar-refractivity contribution in [2.75, 3.05) is 0 Å². The second-order valence-electron chi connectivity index (χ2n) is 4.87. The molecule has 20 heavy (non-hydrogen) atoms. The fraction of sp³-hybridized carbons (Fsp3) is 0.429. The average Bonchev–Trinajstić information content (AvgIpc) is 2.81. The molecule has 0 fully saturated rings. The second-order valence-corrected chi connectivity index (χ2v) is 5.73. The van der Waals surface area contributed by atoms with E-state index in [4.69, 9.17) is 4.74 Å². The molecule has 0 unspecified atom stereocenters. The van der Waals surface area contributed by atoms with Crippen LogP contribution in [0.5, 0.6) is 5.75 Å². The van der Waals surface area contributed by atoms with Crippen LogP contribution in [-0.2, 0) is 13.2 Å². The second kappa shape index (κ2) is 6.85. The highest BCUT2D eigenvalue weighted by atomic mass is 79.9. The molecule has 0 atom stereocenters. The lowest BCUT2D eigenvalue weighted by Gasteiger charge is -2.12. The molecule has 1 aromatic heterocycles. The highest BCUT2D eigenvalue weighted by Crippen LogP contribution is 2.23. The normalized spacial score (nSPS) is 11.1. The molecule has 0 bridgehead atoms. The minimum Gasteiger partial charge on any atom is -0.487 e. The van der Waals surface area contributed by atoms with Crippen LogP contribution >= 0.6 is 15.9 Å². The first-order valence-corrected chi connectivity index (χ1v) is 7.28. The van der Waals surface area contributed by atoms with E-state index in [0.717, 1.165) is 33.7 Å². The van der Waals surface area contributed by atoms with Gasteiger partial charge in [-0.05, 0) is 30.7 Å². The number of nitrogens with one attached hydrogen (secondary N) is 1. The summed E-state index contributed by atoms with van der Waals surface area (Å²) in [6, 6.07) is 6.37. The molecule has 0 saturated heterocycles. The Morgan fingerprint density at radius 3 is 2.80 bits per heavy atom. The largest absolute Gasteiger partial charge is 0.487 e. The smallest absolute Gasteiger partial charge is 0.145 e. The molecule has 0 spiro atoms. The first-order chi connectivity index (χ1) is 9.56. The van der Waals surface area contributed by atoms with Gasteiger partial charge in [-0.1, -0.05) is 40.1 Å². The third kappa shape index (κ3) is 4.05. The van der Waals surface area contributed by atoms with Crippen molar-refractivity contribution in [3.63, 3.8) is 0 Å². The minimum absolute atomic E-state index is 0.355. The Bertz CT molecular complexity index is 569. The van der Waals surface area contributed by atoms with Crippen molar-refractivity contribution in [2.45, 2.75) is 40.0 Å². The molecule has 0 amide bonds. The summed E-state index contributed by atoms with van der Waals surface area (Å²) in [7, 11) is 0. The van der Waals surface area contributed by atoms with Crippen molar-refractivity contribution in [3.8, 4) is 5.75 Å². The Morgan fingerprint density at radius 1 is 1.35 bits per heavy atom. The number of hydrogen-bond acceptors (Lipinski definition) is 5. The summed E-state index contributed by atoms with van der Waals surface area (Å²) < 4.78 is 11.4. The predicted molar refractivity (Wildman–Crippen MR) is 79.5 cm³/mol. The summed E-state index contributed by atoms with van der Waals surface area (Å²) in [5.41, 5.74) is 2.63. The van der Waals surface area contributed by atoms with Gasteiger partial charge in [0.1, 0.15) is 23.7 Å². The molecule has 5 nitrogen and oxygen atoms in total. The summed E-state index contributed by atoms with van der Waals surface area (Å²) in [6.45, 7) is 7.23. The average molecular weight is 340 g/mol. The number of hydrogen-bond donors (Lipinski definition) is 1. The van der Waals surface area contributed by atoms with Crippen LogP contribution in [0.1, 0.15) is 30.8 Å². The summed E-state index contributed by atoms with van der Waals surface area (Å²) in [4.78, 5) is 0. The van der Waals surface area contributed by atoms with Gasteiger partial charge < -0.3 is 10.1 Å². The van der Waals surface area contributed by atoms with E-state index in [1.807, 2.05) is 25.1 Å². The van der Waals surface area contributed by atoms with Crippen molar-refractivity contribution < 1.29 is 9.37 Å². The molecular weight excluding hydrogens is 322 g/mol. The lowest BCUT2D eigenvalue weighted by atomic mass is 10.2. The standard InChI is InChI=1S/C14H18BrN3O2/c1-9(2)16-7-11-6-12(4-5-13(11)15)19-8-14-10(3)17-20-18-14/h4-6,9,16H,7-8H2,1-3H3. The van der Waals surface area contributed by atoms with E-state index in [0.29, 0.717) is 12.6 Å². The molecule has 108 valence electrons. The highest BCUT2D eigenvalue weighted by molar-refractivity contribution is 9.10. The number of ether oxygens (including phenoxy) is 1. The van der Waals surface area contributed by atoms with Gasteiger partial charge in [-0.3, -0.25) is 0 Å². The van der Waals surface area contributed by atoms with Crippen molar-refractivity contribution >= 4 is 15.9 Å². The molecule has 6 heteroatoms. The van der Waals surface area contributed by atoms with Crippen LogP contribution < -0.4 is 10.1 Å². The van der Waals surface area contributed by atoms with E-state index in [-0.39, 0.29) is 0 Å². The fourth-order valence-corrected chi connectivity index (χ4v) is 2.01. The van der Waals surface area contributed by atoms with Crippen LogP contribution in [0.4, 0.5) is 0 Å². The van der Waals surface area contributed by atoms with Crippen LogP contribution in [0.3, 0.4) is 0 Å². The van der Waals surface area contributed by atoms with Gasteiger partial charge in [0.25, 0.3) is 0 Å². The summed E-state index contributed by atoms with van der Waals surface area (Å²) in [5, 5.41) is 10.9. The first kappa shape index (κ1) is 15.0. The number of nitrogens with zero attached hydrogens (tertiary/aromatic N) is 2. The highest BCUT2D eigenvalue weighted by Gasteiger charge is 2.07. The van der Waals surface area contributed by atoms with Crippen molar-refractivity contribution in [3.05, 3.63) is 39.6 Å². The molecule has 1 aromatic carbocycles. The molecule has 1 N–H and O–H groups in total. The molecule has 0 aliphatic carbocycles. The summed E-state index contributed by atoms with van der Waals surface area (Å²) in [5.74, 6) is 0.802. The maximum atomic E-state index is 5.72. The van der Waals surface area contributed by atoms with Crippen LogP contribution in [0.2, 0.25) is 0 Å². The first-order valence-electron chi connectivity index (χ1n) is 6.49. The predicted octanol–water partition coefficient (Wildman–Crippen LogP) is 3.22. The Balaban J connectivity index is 2.01. The Hall–Kier alpha value is -1.40. The molecule has 0 saturated carbocycles. The van der Waals surface area contributed by atoms with Gasteiger partial charge in [0.05, 0.1) is 0 Å². The minimum atomic E-state index is 0.355. The van der Waals surface area contributed by atoms with E-state index >= 15 is 0 Å². The number of rotatable bonds is 6. The van der Waals surface area contributed by atoms with E-state index in [9.17, 15) is 0 Å². The van der Waals surface area contributed by atoms with Crippen molar-refractivity contribution in [1.82, 2.24) is 15.6 Å². The number of benzene rings is 1. The van der Waals surface area contributed by atoms with E-state index in [1.165, 1.54) is 0 Å². The van der Waals surface area contributed by atoms with Crippen molar-refractivity contribution in [1.29, 1.82) is 0 Å². The lowest BCUT2D eigenvalue weighted by Crippen LogP contribution is -2.22. The van der Waals surface area contributed by atoms with Crippen LogP contribution in [-0.4, -0.2) is 16.4 Å². The third-order valence-electron chi connectivity index (χ3n) is 2.84. The Morgan fingerprint density at radius 2 is 2.15 bits per heavy atom. The fourth-order valence-electron chi connectivity index (χ4n) is 1.62. The van der Waals surface area contributed by atoms with Crippen molar-refractivity contribution in [2.24, 2.45) is 0 Å². The van der Waals surface area contributed by atoms with Gasteiger partial charge in [0.2, 0.25) is 0 Å². The zero-order valence-corrected chi connectivity index (χ0v) is 13.4.